The molecule has 4 nitrogen and oxygen atoms in total. The zero-order valence-electron chi connectivity index (χ0n) is 9.10. The van der Waals surface area contributed by atoms with Crippen LogP contribution in [0.1, 0.15) is 12.8 Å². The quantitative estimate of drug-likeness (QED) is 0.864. The number of nitrogens with zero attached hydrogens (tertiary/aromatic N) is 2. The Hall–Kier alpha value is -0.810. The molecule has 1 aromatic heterocycles. The molecular weight excluding hydrogens is 270 g/mol. The maximum absolute atomic E-state index is 5.64. The summed E-state index contributed by atoms with van der Waals surface area (Å²) >= 11 is 3.49. The van der Waals surface area contributed by atoms with Gasteiger partial charge in [-0.05, 0) is 24.8 Å². The molecule has 0 spiro atoms. The van der Waals surface area contributed by atoms with Gasteiger partial charge in [-0.15, -0.1) is 0 Å². The Bertz CT molecular complexity index is 323. The molecule has 5 heteroatoms. The van der Waals surface area contributed by atoms with Crippen molar-refractivity contribution in [2.45, 2.75) is 12.8 Å². The molecule has 0 bridgehead atoms. The monoisotopic (exact) mass is 285 g/mol. The van der Waals surface area contributed by atoms with Crippen molar-refractivity contribution in [3.63, 3.8) is 0 Å². The van der Waals surface area contributed by atoms with E-state index in [4.69, 9.17) is 10.5 Å². The number of rotatable bonds is 3. The summed E-state index contributed by atoms with van der Waals surface area (Å²) < 4.78 is 7.81. The first-order chi connectivity index (χ1) is 7.74. The molecule has 1 fully saturated rings. The minimum Gasteiger partial charge on any atom is -0.477 e. The number of hydrogen-bond donors (Lipinski definition) is 1. The third kappa shape index (κ3) is 3.35. The van der Waals surface area contributed by atoms with Gasteiger partial charge in [0.15, 0.2) is 0 Å². The number of nitrogens with two attached hydrogens (primary N) is 1. The van der Waals surface area contributed by atoms with Gasteiger partial charge in [0.05, 0.1) is 18.5 Å². The highest BCUT2D eigenvalue weighted by Crippen LogP contribution is 2.20. The topological polar surface area (TPSA) is 51.4 Å². The predicted octanol–water partition coefficient (Wildman–Crippen LogP) is 2.06. The molecule has 2 heterocycles. The van der Waals surface area contributed by atoms with Crippen LogP contribution in [0.5, 0.6) is 5.88 Å². The predicted molar refractivity (Wildman–Crippen MR) is 67.4 cm³/mol. The maximum Gasteiger partial charge on any atom is 0.213 e. The minimum atomic E-state index is 0.633. The van der Waals surface area contributed by atoms with Gasteiger partial charge in [0.25, 0.3) is 0 Å². The molecule has 0 atom stereocenters. The zero-order chi connectivity index (χ0) is 11.4. The van der Waals surface area contributed by atoms with Gasteiger partial charge in [0.2, 0.25) is 5.88 Å². The van der Waals surface area contributed by atoms with Crippen molar-refractivity contribution in [2.24, 2.45) is 5.92 Å². The lowest BCUT2D eigenvalue weighted by atomic mass is 9.99. The van der Waals surface area contributed by atoms with Gasteiger partial charge >= 0.3 is 0 Å². The molecule has 2 N–H and O–H groups in total. The van der Waals surface area contributed by atoms with Gasteiger partial charge in [-0.1, -0.05) is 0 Å². The van der Waals surface area contributed by atoms with Crippen LogP contribution in [-0.4, -0.2) is 28.6 Å². The van der Waals surface area contributed by atoms with Gasteiger partial charge < -0.3 is 10.5 Å². The third-order valence-corrected chi connectivity index (χ3v) is 3.50. The third-order valence-electron chi connectivity index (χ3n) is 2.79. The van der Waals surface area contributed by atoms with Crippen molar-refractivity contribution in [3.8, 4) is 5.88 Å². The molecule has 0 aliphatic carbocycles. The molecule has 1 aliphatic rings. The van der Waals surface area contributed by atoms with Gasteiger partial charge in [-0.25, -0.2) is 8.91 Å². The number of piperidine rings is 1. The van der Waals surface area contributed by atoms with E-state index < -0.39 is 0 Å². The highest BCUT2D eigenvalue weighted by atomic mass is 79.9. The van der Waals surface area contributed by atoms with Crippen LogP contribution in [0.25, 0.3) is 0 Å². The number of nitrogen functional groups attached to an aromatic ring is 1. The first kappa shape index (κ1) is 11.7. The number of halogens is 1. The van der Waals surface area contributed by atoms with Gasteiger partial charge in [-0.3, -0.25) is 0 Å². The molecule has 0 aromatic carbocycles. The molecular formula is C11H16BrN3O. The van der Waals surface area contributed by atoms with E-state index in [2.05, 4.69) is 25.1 Å². The lowest BCUT2D eigenvalue weighted by molar-refractivity contribution is 0.188. The van der Waals surface area contributed by atoms with Crippen LogP contribution < -0.4 is 10.5 Å². The van der Waals surface area contributed by atoms with Crippen LogP contribution in [0.4, 0.5) is 5.69 Å². The molecule has 1 saturated heterocycles. The summed E-state index contributed by atoms with van der Waals surface area (Å²) in [7, 11) is 0. The molecule has 0 amide bonds. The van der Waals surface area contributed by atoms with E-state index in [0.29, 0.717) is 17.5 Å². The number of aromatic nitrogens is 1. The van der Waals surface area contributed by atoms with Crippen molar-refractivity contribution in [1.82, 2.24) is 8.91 Å². The summed E-state index contributed by atoms with van der Waals surface area (Å²) in [6, 6.07) is 3.62. The average molecular weight is 286 g/mol. The Balaban J connectivity index is 1.77. The first-order valence-corrected chi connectivity index (χ1v) is 6.20. The van der Waals surface area contributed by atoms with Crippen LogP contribution in [-0.2, 0) is 0 Å². The van der Waals surface area contributed by atoms with Crippen LogP contribution in [0.2, 0.25) is 0 Å². The van der Waals surface area contributed by atoms with E-state index in [0.717, 1.165) is 19.7 Å². The molecule has 0 unspecified atom stereocenters. The van der Waals surface area contributed by atoms with E-state index in [1.54, 1.807) is 6.20 Å². The Labute approximate surface area is 104 Å². The van der Waals surface area contributed by atoms with Crippen molar-refractivity contribution in [2.75, 3.05) is 25.4 Å². The number of hydrogen-bond acceptors (Lipinski definition) is 4. The summed E-state index contributed by atoms with van der Waals surface area (Å²) in [5, 5.41) is 0. The summed E-state index contributed by atoms with van der Waals surface area (Å²) in [4.78, 5) is 4.11. The number of anilines is 1. The van der Waals surface area contributed by atoms with Crippen LogP contribution >= 0.6 is 16.1 Å². The fourth-order valence-electron chi connectivity index (χ4n) is 1.75. The van der Waals surface area contributed by atoms with Crippen LogP contribution in [0.15, 0.2) is 18.3 Å². The van der Waals surface area contributed by atoms with Crippen LogP contribution in [0, 0.1) is 5.92 Å². The largest absolute Gasteiger partial charge is 0.477 e. The Morgan fingerprint density at radius 1 is 1.44 bits per heavy atom. The van der Waals surface area contributed by atoms with E-state index >= 15 is 0 Å². The van der Waals surface area contributed by atoms with Crippen molar-refractivity contribution in [1.29, 1.82) is 0 Å². The first-order valence-electron chi connectivity index (χ1n) is 5.49. The molecule has 0 saturated carbocycles. The summed E-state index contributed by atoms with van der Waals surface area (Å²) in [6.07, 6.45) is 3.96. The normalized spacial score (nSPS) is 18.6. The second-order valence-electron chi connectivity index (χ2n) is 4.09. The summed E-state index contributed by atoms with van der Waals surface area (Å²) in [6.45, 7) is 2.92. The Morgan fingerprint density at radius 3 is 2.81 bits per heavy atom. The SMILES string of the molecule is Nc1ccc(OCC2CCN(Br)CC2)nc1. The van der Waals surface area contributed by atoms with E-state index in [1.165, 1.54) is 12.8 Å². The van der Waals surface area contributed by atoms with E-state index in [-0.39, 0.29) is 0 Å². The van der Waals surface area contributed by atoms with Crippen molar-refractivity contribution in [3.05, 3.63) is 18.3 Å². The highest BCUT2D eigenvalue weighted by Gasteiger charge is 2.18. The van der Waals surface area contributed by atoms with Crippen molar-refractivity contribution >= 4 is 21.8 Å². The van der Waals surface area contributed by atoms with Gasteiger partial charge in [0.1, 0.15) is 0 Å². The molecule has 0 radical (unpaired) electrons. The molecule has 16 heavy (non-hydrogen) atoms. The molecule has 88 valence electrons. The minimum absolute atomic E-state index is 0.633. The molecule has 1 aliphatic heterocycles. The van der Waals surface area contributed by atoms with Crippen LogP contribution in [0.3, 0.4) is 0 Å². The Morgan fingerprint density at radius 2 is 2.19 bits per heavy atom. The number of ether oxygens (including phenoxy) is 1. The van der Waals surface area contributed by atoms with Crippen molar-refractivity contribution < 1.29 is 4.74 Å². The smallest absolute Gasteiger partial charge is 0.213 e. The van der Waals surface area contributed by atoms with Gasteiger partial charge in [-0.2, -0.15) is 0 Å². The Kier molecular flexibility index (Phi) is 4.01. The summed E-state index contributed by atoms with van der Waals surface area (Å²) in [5.74, 6) is 1.30. The average Bonchev–Trinajstić information content (AvgIpc) is 2.30. The van der Waals surface area contributed by atoms with E-state index in [1.807, 2.05) is 12.1 Å². The maximum atomic E-state index is 5.64. The fraction of sp³-hybridized carbons (Fsp3) is 0.545. The fourth-order valence-corrected chi connectivity index (χ4v) is 2.16. The second kappa shape index (κ2) is 5.50. The highest BCUT2D eigenvalue weighted by molar-refractivity contribution is 9.07. The van der Waals surface area contributed by atoms with E-state index in [9.17, 15) is 0 Å². The summed E-state index contributed by atoms with van der Waals surface area (Å²) in [5.41, 5.74) is 6.22. The molecule has 1 aromatic rings. The standard InChI is InChI=1S/C11H16BrN3O/c12-15-5-3-9(4-6-15)8-16-11-2-1-10(13)7-14-11/h1-2,7,9H,3-6,8,13H2. The zero-order valence-corrected chi connectivity index (χ0v) is 10.7. The second-order valence-corrected chi connectivity index (χ2v) is 5.10. The van der Waals surface area contributed by atoms with Gasteiger partial charge in [0, 0.05) is 35.3 Å². The number of pyridine rings is 1. The lowest BCUT2D eigenvalue weighted by Gasteiger charge is -2.26. The lowest BCUT2D eigenvalue weighted by Crippen LogP contribution is -2.29. The molecule has 2 rings (SSSR count).